The molecule has 7 heteroatoms. The molecule has 1 aliphatic rings. The van der Waals surface area contributed by atoms with Crippen molar-refractivity contribution in [2.24, 2.45) is 0 Å². The molecule has 0 spiro atoms. The molecule has 1 aromatic heterocycles. The number of aryl methyl sites for hydroxylation is 1. The van der Waals surface area contributed by atoms with Crippen LogP contribution in [-0.4, -0.2) is 45.9 Å². The monoisotopic (exact) mass is 283 g/mol. The maximum atomic E-state index is 12.0. The zero-order valence-corrected chi connectivity index (χ0v) is 11.6. The minimum atomic E-state index is -1.01. The lowest BCUT2D eigenvalue weighted by Gasteiger charge is -2.26. The first kappa shape index (κ1) is 13.8. The van der Waals surface area contributed by atoms with Gasteiger partial charge in [-0.25, -0.2) is 4.79 Å². The quantitative estimate of drug-likeness (QED) is 0.876. The van der Waals surface area contributed by atoms with Crippen molar-refractivity contribution in [3.63, 3.8) is 0 Å². The van der Waals surface area contributed by atoms with E-state index >= 15 is 0 Å². The van der Waals surface area contributed by atoms with Crippen molar-refractivity contribution in [1.29, 1.82) is 0 Å². The molecule has 0 saturated carbocycles. The Labute approximate surface area is 115 Å². The summed E-state index contributed by atoms with van der Waals surface area (Å²) in [6, 6.07) is 0. The highest BCUT2D eigenvalue weighted by Crippen LogP contribution is 2.24. The number of carbonyl (C=O) groups is 2. The van der Waals surface area contributed by atoms with Crippen molar-refractivity contribution in [3.8, 4) is 0 Å². The molecule has 6 nitrogen and oxygen atoms in total. The van der Waals surface area contributed by atoms with Gasteiger partial charge < -0.3 is 15.3 Å². The number of hydrogen-bond donors (Lipinski definition) is 2. The minimum absolute atomic E-state index is 0.0158. The van der Waals surface area contributed by atoms with Gasteiger partial charge in [0.05, 0.1) is 12.2 Å². The third kappa shape index (κ3) is 3.23. The molecule has 1 fully saturated rings. The fourth-order valence-electron chi connectivity index (χ4n) is 2.15. The van der Waals surface area contributed by atoms with Crippen molar-refractivity contribution in [3.05, 3.63) is 11.3 Å². The summed E-state index contributed by atoms with van der Waals surface area (Å²) in [5.41, 5.74) is 0.641. The molecule has 1 saturated heterocycles. The van der Waals surface area contributed by atoms with Crippen LogP contribution in [0.5, 0.6) is 0 Å². The molecule has 1 amide bonds. The number of nitrogens with zero attached hydrogens (tertiary/aromatic N) is 2. The maximum absolute atomic E-state index is 12.0. The van der Waals surface area contributed by atoms with Gasteiger partial charge in [-0.2, -0.15) is 4.37 Å². The van der Waals surface area contributed by atoms with Gasteiger partial charge in [0.2, 0.25) is 5.91 Å². The number of carboxylic acids is 1. The van der Waals surface area contributed by atoms with Gasteiger partial charge >= 0.3 is 5.97 Å². The normalized spacial score (nSPS) is 15.3. The van der Waals surface area contributed by atoms with E-state index in [4.69, 9.17) is 5.11 Å². The largest absolute Gasteiger partial charge is 0.478 e. The van der Waals surface area contributed by atoms with Crippen LogP contribution in [0.15, 0.2) is 0 Å². The van der Waals surface area contributed by atoms with Crippen molar-refractivity contribution >= 4 is 28.4 Å². The van der Waals surface area contributed by atoms with Crippen LogP contribution in [0, 0.1) is 6.92 Å². The minimum Gasteiger partial charge on any atom is -0.478 e. The standard InChI is InChI=1S/C12H17N3O3S/c1-8-10(12(17)18)11(19-14-8)13-7-9(16)15-5-3-2-4-6-15/h13H,2-7H2,1H3,(H,17,18). The lowest BCUT2D eigenvalue weighted by molar-refractivity contribution is -0.130. The molecule has 104 valence electrons. The summed E-state index contributed by atoms with van der Waals surface area (Å²) in [5, 5.41) is 12.4. The molecule has 2 N–H and O–H groups in total. The van der Waals surface area contributed by atoms with Gasteiger partial charge in [0, 0.05) is 13.1 Å². The average molecular weight is 283 g/mol. The number of likely N-dealkylation sites (tertiary alicyclic amines) is 1. The van der Waals surface area contributed by atoms with Crippen molar-refractivity contribution in [1.82, 2.24) is 9.27 Å². The van der Waals surface area contributed by atoms with Gasteiger partial charge in [0.1, 0.15) is 10.6 Å². The van der Waals surface area contributed by atoms with Crippen LogP contribution >= 0.6 is 11.5 Å². The van der Waals surface area contributed by atoms with E-state index < -0.39 is 5.97 Å². The fourth-order valence-corrected chi connectivity index (χ4v) is 2.94. The van der Waals surface area contributed by atoms with E-state index in [0.717, 1.165) is 37.5 Å². The maximum Gasteiger partial charge on any atom is 0.340 e. The number of carboxylic acid groups (broad SMARTS) is 1. The molecule has 2 heterocycles. The van der Waals surface area contributed by atoms with Gasteiger partial charge in [-0.3, -0.25) is 4.79 Å². The Kier molecular flexibility index (Phi) is 4.36. The molecule has 0 aromatic carbocycles. The second kappa shape index (κ2) is 6.01. The SMILES string of the molecule is Cc1nsc(NCC(=O)N2CCCCC2)c1C(=O)O. The van der Waals surface area contributed by atoms with Gasteiger partial charge in [-0.1, -0.05) is 0 Å². The zero-order valence-electron chi connectivity index (χ0n) is 10.8. The predicted octanol–water partition coefficient (Wildman–Crippen LogP) is 1.57. The van der Waals surface area contributed by atoms with Gasteiger partial charge in [-0.15, -0.1) is 0 Å². The van der Waals surface area contributed by atoms with Crippen LogP contribution in [0.1, 0.15) is 35.3 Å². The topological polar surface area (TPSA) is 82.5 Å². The summed E-state index contributed by atoms with van der Waals surface area (Å²) < 4.78 is 4.00. The van der Waals surface area contributed by atoms with Crippen molar-refractivity contribution in [2.45, 2.75) is 26.2 Å². The van der Waals surface area contributed by atoms with Crippen LogP contribution in [0.2, 0.25) is 0 Å². The summed E-state index contributed by atoms with van der Waals surface area (Å²) >= 11 is 1.08. The van der Waals surface area contributed by atoms with Crippen molar-refractivity contribution < 1.29 is 14.7 Å². The highest BCUT2D eigenvalue weighted by molar-refractivity contribution is 7.10. The smallest absolute Gasteiger partial charge is 0.340 e. The molecule has 0 radical (unpaired) electrons. The molecule has 2 rings (SSSR count). The molecule has 1 aromatic rings. The number of piperidine rings is 1. The average Bonchev–Trinajstić information content (AvgIpc) is 2.78. The number of hydrogen-bond acceptors (Lipinski definition) is 5. The molecular formula is C12H17N3O3S. The molecule has 0 unspecified atom stereocenters. The van der Waals surface area contributed by atoms with Gasteiger partial charge in [0.25, 0.3) is 0 Å². The predicted molar refractivity (Wildman–Crippen MR) is 72.7 cm³/mol. The molecule has 0 aliphatic carbocycles. The highest BCUT2D eigenvalue weighted by atomic mass is 32.1. The summed E-state index contributed by atoms with van der Waals surface area (Å²) in [6.07, 6.45) is 3.27. The Bertz CT molecular complexity index is 481. The number of anilines is 1. The van der Waals surface area contributed by atoms with Crippen LogP contribution in [-0.2, 0) is 4.79 Å². The third-order valence-electron chi connectivity index (χ3n) is 3.19. The second-order valence-corrected chi connectivity index (χ2v) is 5.35. The molecule has 19 heavy (non-hydrogen) atoms. The highest BCUT2D eigenvalue weighted by Gasteiger charge is 2.20. The summed E-state index contributed by atoms with van der Waals surface area (Å²) in [5.74, 6) is -0.999. The number of amides is 1. The van der Waals surface area contributed by atoms with E-state index in [1.807, 2.05) is 4.90 Å². The second-order valence-electron chi connectivity index (χ2n) is 4.57. The van der Waals surface area contributed by atoms with E-state index in [1.165, 1.54) is 6.42 Å². The molecule has 0 bridgehead atoms. The molecular weight excluding hydrogens is 266 g/mol. The molecule has 0 atom stereocenters. The number of nitrogens with one attached hydrogen (secondary N) is 1. The van der Waals surface area contributed by atoms with Gasteiger partial charge in [-0.05, 0) is 37.7 Å². The number of aromatic nitrogens is 1. The zero-order chi connectivity index (χ0) is 13.8. The fraction of sp³-hybridized carbons (Fsp3) is 0.583. The van der Waals surface area contributed by atoms with Gasteiger partial charge in [0.15, 0.2) is 0 Å². The van der Waals surface area contributed by atoms with E-state index in [9.17, 15) is 9.59 Å². The Morgan fingerprint density at radius 1 is 1.37 bits per heavy atom. The van der Waals surface area contributed by atoms with E-state index in [2.05, 4.69) is 9.69 Å². The Morgan fingerprint density at radius 2 is 2.05 bits per heavy atom. The van der Waals surface area contributed by atoms with E-state index in [1.54, 1.807) is 6.92 Å². The van der Waals surface area contributed by atoms with E-state index in [0.29, 0.717) is 10.7 Å². The summed E-state index contributed by atoms with van der Waals surface area (Å²) in [4.78, 5) is 24.9. The summed E-state index contributed by atoms with van der Waals surface area (Å²) in [6.45, 7) is 3.38. The third-order valence-corrected chi connectivity index (χ3v) is 4.08. The Morgan fingerprint density at radius 3 is 2.68 bits per heavy atom. The van der Waals surface area contributed by atoms with Crippen molar-refractivity contribution in [2.75, 3.05) is 25.0 Å². The van der Waals surface area contributed by atoms with Crippen LogP contribution in [0.4, 0.5) is 5.00 Å². The van der Waals surface area contributed by atoms with Crippen LogP contribution in [0.25, 0.3) is 0 Å². The Hall–Kier alpha value is -1.63. The first-order valence-corrected chi connectivity index (χ1v) is 7.08. The lowest BCUT2D eigenvalue weighted by Crippen LogP contribution is -2.39. The number of rotatable bonds is 4. The van der Waals surface area contributed by atoms with E-state index in [-0.39, 0.29) is 18.0 Å². The number of carbonyl (C=O) groups excluding carboxylic acids is 1. The summed E-state index contributed by atoms with van der Waals surface area (Å²) in [7, 11) is 0. The first-order valence-electron chi connectivity index (χ1n) is 6.31. The van der Waals surface area contributed by atoms with Crippen LogP contribution < -0.4 is 5.32 Å². The first-order chi connectivity index (χ1) is 9.09. The Balaban J connectivity index is 1.95. The number of aromatic carboxylic acids is 1. The van der Waals surface area contributed by atoms with Crippen LogP contribution in [0.3, 0.4) is 0 Å². The lowest BCUT2D eigenvalue weighted by atomic mass is 10.1. The molecule has 1 aliphatic heterocycles.